The highest BCUT2D eigenvalue weighted by molar-refractivity contribution is 8.00. The zero-order valence-electron chi connectivity index (χ0n) is 15.8. The van der Waals surface area contributed by atoms with Crippen molar-refractivity contribution in [3.63, 3.8) is 0 Å². The Bertz CT molecular complexity index is 986. The highest BCUT2D eigenvalue weighted by atomic mass is 32.2. The summed E-state index contributed by atoms with van der Waals surface area (Å²) < 4.78 is 5.24. The van der Waals surface area contributed by atoms with E-state index >= 15 is 0 Å². The zero-order chi connectivity index (χ0) is 19.5. The summed E-state index contributed by atoms with van der Waals surface area (Å²) in [5.74, 6) is 0.743. The van der Waals surface area contributed by atoms with Gasteiger partial charge in [-0.25, -0.2) is 0 Å². The van der Waals surface area contributed by atoms with Crippen LogP contribution >= 0.6 is 23.1 Å². The molecule has 1 N–H and O–H groups in total. The van der Waals surface area contributed by atoms with Gasteiger partial charge in [0.15, 0.2) is 0 Å². The molecular weight excluding hydrogens is 388 g/mol. The van der Waals surface area contributed by atoms with Crippen molar-refractivity contribution < 1.29 is 9.53 Å². The second-order valence-electron chi connectivity index (χ2n) is 6.68. The molecule has 2 heterocycles. The molecule has 0 aliphatic carbocycles. The molecule has 0 saturated heterocycles. The van der Waals surface area contributed by atoms with Gasteiger partial charge >= 0.3 is 0 Å². The van der Waals surface area contributed by atoms with E-state index in [4.69, 9.17) is 4.74 Å². The molecule has 1 amide bonds. The fraction of sp³-hybridized carbons (Fsp3) is 0.227. The number of hydrogen-bond acceptors (Lipinski definition) is 5. The maximum atomic E-state index is 12.6. The molecule has 4 rings (SSSR count). The Kier molecular flexibility index (Phi) is 5.59. The molecule has 2 aromatic carbocycles. The van der Waals surface area contributed by atoms with E-state index < -0.39 is 0 Å². The van der Waals surface area contributed by atoms with Crippen molar-refractivity contribution in [1.29, 1.82) is 0 Å². The monoisotopic (exact) mass is 410 g/mol. The van der Waals surface area contributed by atoms with Crippen molar-refractivity contribution in [3.8, 4) is 5.75 Å². The van der Waals surface area contributed by atoms with Crippen LogP contribution in [0.1, 0.15) is 22.2 Å². The number of hydrogen-bond donors (Lipinski definition) is 1. The van der Waals surface area contributed by atoms with Gasteiger partial charge < -0.3 is 15.0 Å². The lowest BCUT2D eigenvalue weighted by Crippen LogP contribution is -2.28. The summed E-state index contributed by atoms with van der Waals surface area (Å²) in [7, 11) is 1.64. The Labute approximate surface area is 173 Å². The first kappa shape index (κ1) is 18.9. The minimum atomic E-state index is -0.0493. The number of benzene rings is 2. The van der Waals surface area contributed by atoms with E-state index in [0.29, 0.717) is 11.8 Å². The van der Waals surface area contributed by atoms with E-state index in [9.17, 15) is 4.79 Å². The van der Waals surface area contributed by atoms with Crippen molar-refractivity contribution in [3.05, 3.63) is 71.1 Å². The Morgan fingerprint density at radius 3 is 2.89 bits per heavy atom. The Morgan fingerprint density at radius 2 is 2.04 bits per heavy atom. The molecule has 0 bridgehead atoms. The minimum Gasteiger partial charge on any atom is -0.497 e. The molecule has 1 atom stereocenters. The van der Waals surface area contributed by atoms with Crippen LogP contribution in [0.4, 0.5) is 10.7 Å². The largest absolute Gasteiger partial charge is 0.497 e. The molecule has 28 heavy (non-hydrogen) atoms. The average molecular weight is 411 g/mol. The molecule has 0 unspecified atom stereocenters. The van der Waals surface area contributed by atoms with Crippen LogP contribution in [0.15, 0.2) is 65.6 Å². The summed E-state index contributed by atoms with van der Waals surface area (Å²) in [6, 6.07) is 20.2. The van der Waals surface area contributed by atoms with Crippen LogP contribution < -0.4 is 15.0 Å². The summed E-state index contributed by atoms with van der Waals surface area (Å²) in [6.07, 6.45) is 0. The molecule has 6 heteroatoms. The fourth-order valence-electron chi connectivity index (χ4n) is 3.24. The van der Waals surface area contributed by atoms with E-state index in [1.165, 1.54) is 21.9 Å². The predicted molar refractivity (Wildman–Crippen MR) is 117 cm³/mol. The van der Waals surface area contributed by atoms with Gasteiger partial charge in [0, 0.05) is 23.2 Å². The van der Waals surface area contributed by atoms with Gasteiger partial charge in [0.05, 0.1) is 22.7 Å². The first-order valence-electron chi connectivity index (χ1n) is 9.18. The number of amides is 1. The van der Waals surface area contributed by atoms with E-state index in [-0.39, 0.29) is 5.91 Å². The molecule has 0 radical (unpaired) electrons. The third kappa shape index (κ3) is 4.03. The standard InChI is InChI=1S/C22H22N2O2S2/c1-15-14-24(18-8-3-4-9-19(18)27-15)21-11-10-20(28-21)22(25)23-13-16-6-5-7-17(12-16)26-2/h3-12,15H,13-14H2,1-2H3,(H,23,25)/t15-/m1/s1. The fourth-order valence-corrected chi connectivity index (χ4v) is 5.30. The normalized spacial score (nSPS) is 15.8. The van der Waals surface area contributed by atoms with Crippen LogP contribution in [0.25, 0.3) is 0 Å². The molecule has 3 aromatic rings. The summed E-state index contributed by atoms with van der Waals surface area (Å²) in [4.78, 5) is 17.0. The van der Waals surface area contributed by atoms with Gasteiger partial charge in [-0.05, 0) is 42.0 Å². The van der Waals surface area contributed by atoms with Crippen LogP contribution in [-0.2, 0) is 6.54 Å². The smallest absolute Gasteiger partial charge is 0.261 e. The predicted octanol–water partition coefficient (Wildman–Crippen LogP) is 5.32. The quantitative estimate of drug-likeness (QED) is 0.618. The van der Waals surface area contributed by atoms with Crippen molar-refractivity contribution >= 4 is 39.7 Å². The van der Waals surface area contributed by atoms with E-state index in [2.05, 4.69) is 41.4 Å². The van der Waals surface area contributed by atoms with Gasteiger partial charge in [-0.1, -0.05) is 31.2 Å². The van der Waals surface area contributed by atoms with Crippen molar-refractivity contribution in [2.24, 2.45) is 0 Å². The number of carbonyl (C=O) groups is 1. The van der Waals surface area contributed by atoms with Gasteiger partial charge in [0.1, 0.15) is 5.75 Å². The van der Waals surface area contributed by atoms with Gasteiger partial charge in [0.2, 0.25) is 0 Å². The number of nitrogens with one attached hydrogen (secondary N) is 1. The van der Waals surface area contributed by atoms with Crippen molar-refractivity contribution in [2.75, 3.05) is 18.6 Å². The van der Waals surface area contributed by atoms with Gasteiger partial charge in [-0.3, -0.25) is 4.79 Å². The van der Waals surface area contributed by atoms with Crippen molar-refractivity contribution in [2.45, 2.75) is 23.6 Å². The summed E-state index contributed by atoms with van der Waals surface area (Å²) >= 11 is 3.44. The molecule has 1 aliphatic heterocycles. The maximum Gasteiger partial charge on any atom is 0.261 e. The van der Waals surface area contributed by atoms with E-state index in [1.807, 2.05) is 48.2 Å². The number of carbonyl (C=O) groups excluding carboxylic acids is 1. The van der Waals surface area contributed by atoms with Crippen LogP contribution in [0.3, 0.4) is 0 Å². The number of thiophene rings is 1. The zero-order valence-corrected chi connectivity index (χ0v) is 17.5. The van der Waals surface area contributed by atoms with Gasteiger partial charge in [-0.15, -0.1) is 23.1 Å². The number of anilines is 2. The number of thioether (sulfide) groups is 1. The Hall–Kier alpha value is -2.44. The summed E-state index contributed by atoms with van der Waals surface area (Å²) in [5.41, 5.74) is 2.23. The van der Waals surface area contributed by atoms with E-state index in [1.54, 1.807) is 7.11 Å². The summed E-state index contributed by atoms with van der Waals surface area (Å²) in [6.45, 7) is 3.65. The number of fused-ring (bicyclic) bond motifs is 1. The summed E-state index contributed by atoms with van der Waals surface area (Å²) in [5, 5.41) is 4.61. The average Bonchev–Trinajstić information content (AvgIpc) is 3.21. The number of rotatable bonds is 5. The number of nitrogens with zero attached hydrogens (tertiary/aromatic N) is 1. The lowest BCUT2D eigenvalue weighted by atomic mass is 10.2. The second kappa shape index (κ2) is 8.29. The Morgan fingerprint density at radius 1 is 1.18 bits per heavy atom. The van der Waals surface area contributed by atoms with Crippen LogP contribution in [-0.4, -0.2) is 24.8 Å². The van der Waals surface area contributed by atoms with E-state index in [0.717, 1.165) is 27.7 Å². The SMILES string of the molecule is COc1cccc(CNC(=O)c2ccc(N3C[C@@H](C)Sc4ccccc43)s2)c1. The van der Waals surface area contributed by atoms with Crippen LogP contribution in [0, 0.1) is 0 Å². The Balaban J connectivity index is 1.47. The third-order valence-corrected chi connectivity index (χ3v) is 6.85. The highest BCUT2D eigenvalue weighted by Gasteiger charge is 2.24. The number of methoxy groups -OCH3 is 1. The first-order chi connectivity index (χ1) is 13.6. The maximum absolute atomic E-state index is 12.6. The van der Waals surface area contributed by atoms with Crippen molar-refractivity contribution in [1.82, 2.24) is 5.32 Å². The second-order valence-corrected chi connectivity index (χ2v) is 9.22. The third-order valence-electron chi connectivity index (χ3n) is 4.59. The molecule has 4 nitrogen and oxygen atoms in total. The molecule has 1 aromatic heterocycles. The number of ether oxygens (including phenoxy) is 1. The molecule has 0 fully saturated rings. The lowest BCUT2D eigenvalue weighted by molar-refractivity contribution is 0.0955. The molecule has 0 spiro atoms. The van der Waals surface area contributed by atoms with Gasteiger partial charge in [-0.2, -0.15) is 0 Å². The topological polar surface area (TPSA) is 41.6 Å². The molecule has 1 aliphatic rings. The first-order valence-corrected chi connectivity index (χ1v) is 10.9. The lowest BCUT2D eigenvalue weighted by Gasteiger charge is -2.33. The number of para-hydroxylation sites is 1. The van der Waals surface area contributed by atoms with Crippen LogP contribution in [0.5, 0.6) is 5.75 Å². The highest BCUT2D eigenvalue weighted by Crippen LogP contribution is 2.43. The molecule has 144 valence electrons. The molecule has 0 saturated carbocycles. The minimum absolute atomic E-state index is 0.0493. The molecular formula is C22H22N2O2S2. The van der Waals surface area contributed by atoms with Gasteiger partial charge in [0.25, 0.3) is 5.91 Å². The van der Waals surface area contributed by atoms with Crippen LogP contribution in [0.2, 0.25) is 0 Å².